The predicted octanol–water partition coefficient (Wildman–Crippen LogP) is 2.29. The van der Waals surface area contributed by atoms with Crippen LogP contribution in [0.1, 0.15) is 39.0 Å². The Morgan fingerprint density at radius 3 is 2.79 bits per heavy atom. The molecule has 2 heterocycles. The molecule has 150 valence electrons. The summed E-state index contributed by atoms with van der Waals surface area (Å²) in [6.07, 6.45) is 4.26. The molecule has 3 aliphatic rings. The van der Waals surface area contributed by atoms with Crippen LogP contribution in [0.25, 0.3) is 0 Å². The van der Waals surface area contributed by atoms with Gasteiger partial charge in [-0.05, 0) is 30.9 Å². The summed E-state index contributed by atoms with van der Waals surface area (Å²) >= 11 is 0. The van der Waals surface area contributed by atoms with Crippen molar-refractivity contribution in [3.63, 3.8) is 0 Å². The number of rotatable bonds is 3. The molecule has 2 aliphatic heterocycles. The van der Waals surface area contributed by atoms with Crippen molar-refractivity contribution in [2.45, 2.75) is 44.6 Å². The number of hydrogen-bond acceptors (Lipinski definition) is 5. The lowest BCUT2D eigenvalue weighted by Crippen LogP contribution is -2.54. The van der Waals surface area contributed by atoms with E-state index in [0.29, 0.717) is 36.8 Å². The average Bonchev–Trinajstić information content (AvgIpc) is 2.83. The lowest BCUT2D eigenvalue weighted by molar-refractivity contribution is -0.136. The molecule has 0 aromatic heterocycles. The summed E-state index contributed by atoms with van der Waals surface area (Å²) < 4.78 is 11.2. The molecule has 1 saturated heterocycles. The third-order valence-electron chi connectivity index (χ3n) is 5.83. The molecule has 2 N–H and O–H groups in total. The number of imide groups is 1. The molecule has 1 aliphatic carbocycles. The molecule has 2 fully saturated rings. The van der Waals surface area contributed by atoms with Gasteiger partial charge in [-0.15, -0.1) is 0 Å². The Morgan fingerprint density at radius 1 is 1.21 bits per heavy atom. The maximum Gasteiger partial charge on any atom is 0.325 e. The lowest BCUT2D eigenvalue weighted by Gasteiger charge is -2.36. The number of urea groups is 1. The van der Waals surface area contributed by atoms with Crippen LogP contribution < -0.4 is 20.1 Å². The zero-order chi connectivity index (χ0) is 19.7. The Bertz CT molecular complexity index is 811. The van der Waals surface area contributed by atoms with Crippen LogP contribution in [0.5, 0.6) is 11.5 Å². The molecule has 1 spiro atoms. The third-order valence-corrected chi connectivity index (χ3v) is 5.83. The summed E-state index contributed by atoms with van der Waals surface area (Å²) in [5.74, 6) is 0.544. The molecule has 8 heteroatoms. The molecular weight excluding hydrogens is 362 g/mol. The number of fused-ring (bicyclic) bond motifs is 1. The lowest BCUT2D eigenvalue weighted by atomic mass is 9.73. The van der Waals surface area contributed by atoms with Crippen LogP contribution in [0.4, 0.5) is 10.5 Å². The quantitative estimate of drug-likeness (QED) is 0.776. The monoisotopic (exact) mass is 387 g/mol. The highest BCUT2D eigenvalue weighted by Crippen LogP contribution is 2.38. The van der Waals surface area contributed by atoms with E-state index in [0.717, 1.165) is 30.6 Å². The van der Waals surface area contributed by atoms with E-state index in [1.165, 1.54) is 0 Å². The summed E-state index contributed by atoms with van der Waals surface area (Å²) in [6.45, 7) is 2.81. The first-order chi connectivity index (χ1) is 13.5. The molecule has 0 unspecified atom stereocenters. The Labute approximate surface area is 163 Å². The molecule has 4 rings (SSSR count). The maximum absolute atomic E-state index is 12.9. The van der Waals surface area contributed by atoms with E-state index in [1.54, 1.807) is 18.2 Å². The van der Waals surface area contributed by atoms with Crippen LogP contribution in [0, 0.1) is 5.92 Å². The number of anilines is 1. The van der Waals surface area contributed by atoms with Crippen LogP contribution >= 0.6 is 0 Å². The van der Waals surface area contributed by atoms with E-state index >= 15 is 0 Å². The number of carbonyl (C=O) groups is 3. The minimum atomic E-state index is -0.856. The smallest absolute Gasteiger partial charge is 0.325 e. The first-order valence-electron chi connectivity index (χ1n) is 9.83. The predicted molar refractivity (Wildman–Crippen MR) is 101 cm³/mol. The van der Waals surface area contributed by atoms with Crippen molar-refractivity contribution in [1.29, 1.82) is 0 Å². The van der Waals surface area contributed by atoms with Crippen molar-refractivity contribution in [1.82, 2.24) is 10.2 Å². The minimum Gasteiger partial charge on any atom is -0.490 e. The van der Waals surface area contributed by atoms with Gasteiger partial charge in [0.15, 0.2) is 11.5 Å². The molecule has 28 heavy (non-hydrogen) atoms. The van der Waals surface area contributed by atoms with Crippen LogP contribution in [-0.2, 0) is 9.59 Å². The van der Waals surface area contributed by atoms with Gasteiger partial charge in [0.25, 0.3) is 5.91 Å². The van der Waals surface area contributed by atoms with Gasteiger partial charge in [-0.1, -0.05) is 19.8 Å². The fourth-order valence-corrected chi connectivity index (χ4v) is 4.22. The number of nitrogens with one attached hydrogen (secondary N) is 2. The summed E-state index contributed by atoms with van der Waals surface area (Å²) in [5.41, 5.74) is -0.327. The van der Waals surface area contributed by atoms with Gasteiger partial charge in [-0.25, -0.2) is 4.79 Å². The molecule has 1 saturated carbocycles. The number of amides is 4. The second-order valence-corrected chi connectivity index (χ2v) is 7.70. The Morgan fingerprint density at radius 2 is 2.00 bits per heavy atom. The first kappa shape index (κ1) is 18.6. The van der Waals surface area contributed by atoms with Crippen LogP contribution in [0.3, 0.4) is 0 Å². The third kappa shape index (κ3) is 3.27. The summed E-state index contributed by atoms with van der Waals surface area (Å²) in [4.78, 5) is 38.9. The number of benzene rings is 1. The van der Waals surface area contributed by atoms with Crippen molar-refractivity contribution >= 4 is 23.5 Å². The number of ether oxygens (including phenoxy) is 2. The van der Waals surface area contributed by atoms with Gasteiger partial charge in [0, 0.05) is 18.2 Å². The number of nitrogens with zero attached hydrogens (tertiary/aromatic N) is 1. The van der Waals surface area contributed by atoms with E-state index in [-0.39, 0.29) is 18.4 Å². The number of hydrogen-bond donors (Lipinski definition) is 2. The molecule has 1 aromatic carbocycles. The van der Waals surface area contributed by atoms with Crippen molar-refractivity contribution in [3.8, 4) is 11.5 Å². The zero-order valence-corrected chi connectivity index (χ0v) is 16.0. The highest BCUT2D eigenvalue weighted by Gasteiger charge is 2.55. The SMILES string of the molecule is C[C@@H]1CCCC[C@@]12NC(=O)N(CC(=O)Nc1ccc3c(c1)OCCCO3)C2=O. The summed E-state index contributed by atoms with van der Waals surface area (Å²) in [5, 5.41) is 5.59. The second-order valence-electron chi connectivity index (χ2n) is 7.70. The molecule has 1 aromatic rings. The highest BCUT2D eigenvalue weighted by atomic mass is 16.5. The van der Waals surface area contributed by atoms with Crippen LogP contribution in [0.2, 0.25) is 0 Å². The standard InChI is InChI=1S/C20H25N3O5/c1-13-5-2-3-8-20(13)18(25)23(19(26)22-20)12-17(24)21-14-6-7-15-16(11-14)28-10-4-9-27-15/h6-7,11,13H,2-5,8-10,12H2,1H3,(H,21,24)(H,22,26)/t13-,20-/m1/s1. The maximum atomic E-state index is 12.9. The molecule has 0 bridgehead atoms. The van der Waals surface area contributed by atoms with Crippen LogP contribution in [-0.4, -0.2) is 48.0 Å². The largest absolute Gasteiger partial charge is 0.490 e. The van der Waals surface area contributed by atoms with Gasteiger partial charge in [0.2, 0.25) is 5.91 Å². The van der Waals surface area contributed by atoms with E-state index in [2.05, 4.69) is 10.6 Å². The molecule has 0 radical (unpaired) electrons. The van der Waals surface area contributed by atoms with Gasteiger partial charge in [-0.3, -0.25) is 14.5 Å². The van der Waals surface area contributed by atoms with Crippen molar-refractivity contribution < 1.29 is 23.9 Å². The van der Waals surface area contributed by atoms with E-state index in [1.807, 2.05) is 6.92 Å². The van der Waals surface area contributed by atoms with E-state index < -0.39 is 17.5 Å². The normalized spacial score (nSPS) is 26.8. The van der Waals surface area contributed by atoms with E-state index in [4.69, 9.17) is 9.47 Å². The minimum absolute atomic E-state index is 0.0625. The topological polar surface area (TPSA) is 97.0 Å². The highest BCUT2D eigenvalue weighted by molar-refractivity contribution is 6.10. The van der Waals surface area contributed by atoms with Crippen molar-refractivity contribution in [2.75, 3.05) is 25.1 Å². The van der Waals surface area contributed by atoms with Gasteiger partial charge in [0.1, 0.15) is 12.1 Å². The van der Waals surface area contributed by atoms with Gasteiger partial charge >= 0.3 is 6.03 Å². The molecule has 8 nitrogen and oxygen atoms in total. The number of carbonyl (C=O) groups excluding carboxylic acids is 3. The van der Waals surface area contributed by atoms with Crippen LogP contribution in [0.15, 0.2) is 18.2 Å². The summed E-state index contributed by atoms with van der Waals surface area (Å²) in [7, 11) is 0. The summed E-state index contributed by atoms with van der Waals surface area (Å²) in [6, 6.07) is 4.65. The van der Waals surface area contributed by atoms with Crippen molar-refractivity contribution in [2.24, 2.45) is 5.92 Å². The second kappa shape index (κ2) is 7.33. The Kier molecular flexibility index (Phi) is 4.87. The first-order valence-corrected chi connectivity index (χ1v) is 9.83. The molecule has 4 amide bonds. The van der Waals surface area contributed by atoms with E-state index in [9.17, 15) is 14.4 Å². The van der Waals surface area contributed by atoms with Crippen molar-refractivity contribution in [3.05, 3.63) is 18.2 Å². The Balaban J connectivity index is 1.43. The fraction of sp³-hybridized carbons (Fsp3) is 0.550. The van der Waals surface area contributed by atoms with Gasteiger partial charge in [-0.2, -0.15) is 0 Å². The molecule has 2 atom stereocenters. The van der Waals surface area contributed by atoms with Gasteiger partial charge < -0.3 is 20.1 Å². The molecular formula is C20H25N3O5. The average molecular weight is 387 g/mol. The van der Waals surface area contributed by atoms with Gasteiger partial charge in [0.05, 0.1) is 13.2 Å². The fourth-order valence-electron chi connectivity index (χ4n) is 4.22. The Hall–Kier alpha value is -2.77. The zero-order valence-electron chi connectivity index (χ0n) is 16.0.